The molecule has 0 atom stereocenters. The number of nitrogens with one attached hydrogen (secondary N) is 2. The summed E-state index contributed by atoms with van der Waals surface area (Å²) in [4.78, 5) is 12.1. The fourth-order valence-electron chi connectivity index (χ4n) is 2.29. The van der Waals surface area contributed by atoms with Gasteiger partial charge in [0.15, 0.2) is 0 Å². The Morgan fingerprint density at radius 2 is 1.73 bits per heavy atom. The van der Waals surface area contributed by atoms with E-state index in [9.17, 15) is 4.79 Å². The molecular weight excluding hydrogens is 340 g/mol. The molecule has 0 unspecified atom stereocenters. The Hall–Kier alpha value is -1.81. The van der Waals surface area contributed by atoms with Crippen LogP contribution in [0, 0.1) is 20.8 Å². The molecule has 0 bridgehead atoms. The zero-order valence-corrected chi connectivity index (χ0v) is 14.8. The normalized spacial score (nSPS) is 10.4. The average molecular weight is 361 g/mol. The van der Waals surface area contributed by atoms with Crippen molar-refractivity contribution in [1.82, 2.24) is 0 Å². The first-order chi connectivity index (χ1) is 10.5. The zero-order valence-electron chi connectivity index (χ0n) is 13.2. The van der Waals surface area contributed by atoms with Crippen molar-refractivity contribution in [2.75, 3.05) is 17.2 Å². The molecule has 0 heterocycles. The highest BCUT2D eigenvalue weighted by molar-refractivity contribution is 9.10. The number of rotatable bonds is 5. The largest absolute Gasteiger partial charge is 0.385 e. The van der Waals surface area contributed by atoms with Crippen LogP contribution in [0.2, 0.25) is 0 Å². The van der Waals surface area contributed by atoms with E-state index in [-0.39, 0.29) is 5.91 Å². The van der Waals surface area contributed by atoms with Gasteiger partial charge in [-0.15, -0.1) is 0 Å². The van der Waals surface area contributed by atoms with E-state index in [1.165, 1.54) is 5.56 Å². The molecule has 0 saturated carbocycles. The van der Waals surface area contributed by atoms with Gasteiger partial charge in [-0.2, -0.15) is 0 Å². The van der Waals surface area contributed by atoms with E-state index in [0.29, 0.717) is 13.0 Å². The van der Waals surface area contributed by atoms with Crippen LogP contribution in [-0.4, -0.2) is 12.5 Å². The average Bonchev–Trinajstić information content (AvgIpc) is 2.47. The van der Waals surface area contributed by atoms with Crippen LogP contribution >= 0.6 is 15.9 Å². The number of anilines is 2. The summed E-state index contributed by atoms with van der Waals surface area (Å²) in [6.07, 6.45) is 0.433. The molecule has 2 aromatic rings. The van der Waals surface area contributed by atoms with Gasteiger partial charge in [0.2, 0.25) is 5.91 Å². The minimum absolute atomic E-state index is 0.0266. The number of carbonyl (C=O) groups is 1. The van der Waals surface area contributed by atoms with E-state index in [4.69, 9.17) is 0 Å². The molecule has 0 aromatic heterocycles. The second kappa shape index (κ2) is 7.45. The van der Waals surface area contributed by atoms with Crippen LogP contribution in [0.25, 0.3) is 0 Å². The van der Waals surface area contributed by atoms with Gasteiger partial charge in [-0.25, -0.2) is 0 Å². The lowest BCUT2D eigenvalue weighted by Crippen LogP contribution is -2.17. The van der Waals surface area contributed by atoms with Crippen molar-refractivity contribution in [2.24, 2.45) is 0 Å². The zero-order chi connectivity index (χ0) is 16.1. The summed E-state index contributed by atoms with van der Waals surface area (Å²) in [5.41, 5.74) is 5.30. The summed E-state index contributed by atoms with van der Waals surface area (Å²) < 4.78 is 1.09. The van der Waals surface area contributed by atoms with E-state index >= 15 is 0 Å². The van der Waals surface area contributed by atoms with Crippen molar-refractivity contribution in [2.45, 2.75) is 27.2 Å². The Labute approximate surface area is 140 Å². The number of amides is 1. The second-order valence-electron chi connectivity index (χ2n) is 5.46. The highest BCUT2D eigenvalue weighted by Crippen LogP contribution is 2.21. The smallest absolute Gasteiger partial charge is 0.226 e. The van der Waals surface area contributed by atoms with Gasteiger partial charge < -0.3 is 10.6 Å². The van der Waals surface area contributed by atoms with Crippen molar-refractivity contribution in [3.63, 3.8) is 0 Å². The molecule has 0 radical (unpaired) electrons. The van der Waals surface area contributed by atoms with Crippen LogP contribution in [0.15, 0.2) is 40.9 Å². The minimum atomic E-state index is 0.0266. The third kappa shape index (κ3) is 4.34. The number of para-hydroxylation sites is 1. The number of aryl methyl sites for hydroxylation is 3. The maximum atomic E-state index is 12.1. The fraction of sp³-hybridized carbons (Fsp3) is 0.278. The molecular formula is C18H21BrN2O. The first-order valence-corrected chi connectivity index (χ1v) is 8.13. The number of hydrogen-bond donors (Lipinski definition) is 2. The molecule has 0 saturated heterocycles. The van der Waals surface area contributed by atoms with Gasteiger partial charge in [0.1, 0.15) is 0 Å². The van der Waals surface area contributed by atoms with Gasteiger partial charge in [-0.1, -0.05) is 34.1 Å². The van der Waals surface area contributed by atoms with Crippen LogP contribution in [0.1, 0.15) is 23.1 Å². The Kier molecular flexibility index (Phi) is 5.61. The third-order valence-corrected chi connectivity index (χ3v) is 4.47. The van der Waals surface area contributed by atoms with Crippen LogP contribution in [0.5, 0.6) is 0 Å². The van der Waals surface area contributed by atoms with Crippen LogP contribution in [0.3, 0.4) is 0 Å². The Morgan fingerprint density at radius 3 is 2.36 bits per heavy atom. The highest BCUT2D eigenvalue weighted by Gasteiger charge is 2.07. The Balaban J connectivity index is 1.86. The molecule has 0 aliphatic rings. The van der Waals surface area contributed by atoms with Gasteiger partial charge in [-0.3, -0.25) is 4.79 Å². The number of carbonyl (C=O) groups excluding carboxylic acids is 1. The summed E-state index contributed by atoms with van der Waals surface area (Å²) >= 11 is 3.48. The molecule has 0 aliphatic heterocycles. The predicted octanol–water partition coefficient (Wildman–Crippen LogP) is 4.82. The van der Waals surface area contributed by atoms with Gasteiger partial charge in [-0.05, 0) is 55.7 Å². The topological polar surface area (TPSA) is 41.1 Å². The first-order valence-electron chi connectivity index (χ1n) is 7.33. The third-order valence-electron chi connectivity index (χ3n) is 3.58. The summed E-state index contributed by atoms with van der Waals surface area (Å²) in [6.45, 7) is 6.66. The fourth-order valence-corrected chi connectivity index (χ4v) is 2.54. The van der Waals surface area contributed by atoms with Gasteiger partial charge in [0.05, 0.1) is 0 Å². The van der Waals surface area contributed by atoms with Crippen molar-refractivity contribution in [3.05, 3.63) is 57.6 Å². The van der Waals surface area contributed by atoms with E-state index in [2.05, 4.69) is 32.6 Å². The maximum Gasteiger partial charge on any atom is 0.226 e. The quantitative estimate of drug-likeness (QED) is 0.802. The molecule has 2 N–H and O–H groups in total. The van der Waals surface area contributed by atoms with Crippen molar-refractivity contribution >= 4 is 33.2 Å². The molecule has 0 aliphatic carbocycles. The molecule has 2 aromatic carbocycles. The predicted molar refractivity (Wildman–Crippen MR) is 96.5 cm³/mol. The monoisotopic (exact) mass is 360 g/mol. The van der Waals surface area contributed by atoms with E-state index < -0.39 is 0 Å². The van der Waals surface area contributed by atoms with Crippen molar-refractivity contribution in [1.29, 1.82) is 0 Å². The summed E-state index contributed by atoms with van der Waals surface area (Å²) in [5.74, 6) is 0.0266. The number of hydrogen-bond acceptors (Lipinski definition) is 2. The molecule has 4 heteroatoms. The molecule has 0 fully saturated rings. The minimum Gasteiger partial charge on any atom is -0.385 e. The summed E-state index contributed by atoms with van der Waals surface area (Å²) in [6, 6.07) is 12.1. The molecule has 0 spiro atoms. The first kappa shape index (κ1) is 16.6. The van der Waals surface area contributed by atoms with Crippen LogP contribution < -0.4 is 10.6 Å². The van der Waals surface area contributed by atoms with E-state index in [1.807, 2.05) is 51.1 Å². The molecule has 22 heavy (non-hydrogen) atoms. The van der Waals surface area contributed by atoms with E-state index in [0.717, 1.165) is 27.0 Å². The lowest BCUT2D eigenvalue weighted by molar-refractivity contribution is -0.115. The van der Waals surface area contributed by atoms with Gasteiger partial charge >= 0.3 is 0 Å². The summed E-state index contributed by atoms with van der Waals surface area (Å²) in [5, 5.41) is 6.28. The molecule has 3 nitrogen and oxygen atoms in total. The van der Waals surface area contributed by atoms with Crippen LogP contribution in [-0.2, 0) is 4.79 Å². The Morgan fingerprint density at radius 1 is 1.05 bits per heavy atom. The lowest BCUT2D eigenvalue weighted by atomic mass is 10.1. The van der Waals surface area contributed by atoms with Crippen molar-refractivity contribution < 1.29 is 4.79 Å². The number of halogens is 1. The standard InChI is InChI=1S/C18H21BrN2O/c1-12-5-4-6-13(2)18(12)21-17(22)9-10-20-15-7-8-16(19)14(3)11-15/h4-8,11,20H,9-10H2,1-3H3,(H,21,22). The van der Waals surface area contributed by atoms with Gasteiger partial charge in [0.25, 0.3) is 0 Å². The highest BCUT2D eigenvalue weighted by atomic mass is 79.9. The Bertz CT molecular complexity index is 663. The SMILES string of the molecule is Cc1cc(NCCC(=O)Nc2c(C)cccc2C)ccc1Br. The lowest BCUT2D eigenvalue weighted by Gasteiger charge is -2.12. The molecule has 1 amide bonds. The summed E-state index contributed by atoms with van der Waals surface area (Å²) in [7, 11) is 0. The molecule has 2 rings (SSSR count). The van der Waals surface area contributed by atoms with Crippen LogP contribution in [0.4, 0.5) is 11.4 Å². The second-order valence-corrected chi connectivity index (χ2v) is 6.31. The van der Waals surface area contributed by atoms with Crippen molar-refractivity contribution in [3.8, 4) is 0 Å². The maximum absolute atomic E-state index is 12.1. The number of benzene rings is 2. The van der Waals surface area contributed by atoms with Gasteiger partial charge in [0, 0.05) is 28.8 Å². The van der Waals surface area contributed by atoms with E-state index in [1.54, 1.807) is 0 Å². The molecule has 116 valence electrons.